The second kappa shape index (κ2) is 5.13. The Bertz CT molecular complexity index is 878. The first-order valence-corrected chi connectivity index (χ1v) is 7.50. The molecular weight excluding hydrogens is 272 g/mol. The van der Waals surface area contributed by atoms with Crippen LogP contribution in [-0.2, 0) is 5.41 Å². The molecule has 112 valence electrons. The van der Waals surface area contributed by atoms with Crippen molar-refractivity contribution < 1.29 is 4.42 Å². The van der Waals surface area contributed by atoms with E-state index in [2.05, 4.69) is 32.9 Å². The van der Waals surface area contributed by atoms with E-state index in [9.17, 15) is 4.79 Å². The molecule has 0 unspecified atom stereocenters. The average molecular weight is 292 g/mol. The molecule has 0 N–H and O–H groups in total. The largest absolute Gasteiger partial charge is 0.456 e. The highest BCUT2D eigenvalue weighted by molar-refractivity contribution is 5.79. The Balaban J connectivity index is 2.11. The van der Waals surface area contributed by atoms with Crippen molar-refractivity contribution in [2.24, 2.45) is 0 Å². The number of fused-ring (bicyclic) bond motifs is 1. The van der Waals surface area contributed by atoms with Gasteiger partial charge in [-0.1, -0.05) is 56.7 Å². The molecule has 0 saturated carbocycles. The number of aryl methyl sites for hydroxylation is 1. The summed E-state index contributed by atoms with van der Waals surface area (Å²) in [4.78, 5) is 12.3. The highest BCUT2D eigenvalue weighted by atomic mass is 16.3. The second-order valence-electron chi connectivity index (χ2n) is 6.80. The van der Waals surface area contributed by atoms with E-state index < -0.39 is 0 Å². The van der Waals surface area contributed by atoms with Crippen LogP contribution >= 0.6 is 0 Å². The summed E-state index contributed by atoms with van der Waals surface area (Å²) in [5.74, 6) is 0.613. The summed E-state index contributed by atoms with van der Waals surface area (Å²) in [5.41, 5.74) is 3.98. The predicted octanol–water partition coefficient (Wildman–Crippen LogP) is 5.07. The Morgan fingerprint density at radius 1 is 0.909 bits per heavy atom. The molecule has 2 aromatic carbocycles. The van der Waals surface area contributed by atoms with Crippen molar-refractivity contribution >= 4 is 11.0 Å². The maximum atomic E-state index is 12.3. The number of hydrogen-bond acceptors (Lipinski definition) is 2. The van der Waals surface area contributed by atoms with Gasteiger partial charge in [0, 0.05) is 11.6 Å². The van der Waals surface area contributed by atoms with Crippen LogP contribution in [0.25, 0.3) is 22.3 Å². The third-order valence-corrected chi connectivity index (χ3v) is 3.92. The first-order chi connectivity index (χ1) is 10.3. The van der Waals surface area contributed by atoms with Gasteiger partial charge in [-0.05, 0) is 30.0 Å². The van der Waals surface area contributed by atoms with E-state index in [0.717, 1.165) is 11.1 Å². The zero-order valence-electron chi connectivity index (χ0n) is 13.4. The molecule has 2 heteroatoms. The van der Waals surface area contributed by atoms with Crippen LogP contribution in [0.4, 0.5) is 0 Å². The average Bonchev–Trinajstić information content (AvgIpc) is 2.47. The number of hydrogen-bond donors (Lipinski definition) is 0. The second-order valence-corrected chi connectivity index (χ2v) is 6.80. The van der Waals surface area contributed by atoms with Gasteiger partial charge < -0.3 is 4.42 Å². The lowest BCUT2D eigenvalue weighted by atomic mass is 9.86. The van der Waals surface area contributed by atoms with Crippen molar-refractivity contribution in [1.82, 2.24) is 0 Å². The summed E-state index contributed by atoms with van der Waals surface area (Å²) < 4.78 is 5.91. The summed E-state index contributed by atoms with van der Waals surface area (Å²) in [6, 6.07) is 15.5. The maximum Gasteiger partial charge on any atom is 0.193 e. The van der Waals surface area contributed by atoms with Gasteiger partial charge in [0.05, 0.1) is 5.39 Å². The molecule has 0 spiro atoms. The fraction of sp³-hybridized carbons (Fsp3) is 0.250. The molecule has 0 aliphatic carbocycles. The van der Waals surface area contributed by atoms with Crippen molar-refractivity contribution in [2.75, 3.05) is 0 Å². The van der Waals surface area contributed by atoms with Gasteiger partial charge in [-0.2, -0.15) is 0 Å². The van der Waals surface area contributed by atoms with E-state index in [1.54, 1.807) is 6.07 Å². The van der Waals surface area contributed by atoms with Crippen LogP contribution in [0.15, 0.2) is 57.7 Å². The topological polar surface area (TPSA) is 30.2 Å². The molecule has 1 aromatic heterocycles. The monoisotopic (exact) mass is 292 g/mol. The Morgan fingerprint density at radius 3 is 2.23 bits per heavy atom. The van der Waals surface area contributed by atoms with E-state index >= 15 is 0 Å². The normalized spacial score (nSPS) is 11.8. The highest BCUT2D eigenvalue weighted by Gasteiger charge is 2.14. The minimum absolute atomic E-state index is 0.000141. The third kappa shape index (κ3) is 2.69. The van der Waals surface area contributed by atoms with Crippen molar-refractivity contribution in [3.05, 3.63) is 69.9 Å². The standard InChI is InChI=1S/C20H20O2/c1-13-5-10-18-16(11-13)17(21)12-19(22-18)14-6-8-15(9-7-14)20(2,3)4/h5-12H,1-4H3. The fourth-order valence-electron chi connectivity index (χ4n) is 2.55. The molecule has 0 amide bonds. The van der Waals surface area contributed by atoms with Crippen molar-refractivity contribution in [3.63, 3.8) is 0 Å². The maximum absolute atomic E-state index is 12.3. The van der Waals surface area contributed by atoms with Gasteiger partial charge in [-0.15, -0.1) is 0 Å². The van der Waals surface area contributed by atoms with Crippen molar-refractivity contribution in [1.29, 1.82) is 0 Å². The molecule has 3 aromatic rings. The number of rotatable bonds is 1. The molecule has 0 fully saturated rings. The zero-order chi connectivity index (χ0) is 15.9. The van der Waals surface area contributed by atoms with E-state index in [-0.39, 0.29) is 10.8 Å². The quantitative estimate of drug-likeness (QED) is 0.627. The molecule has 0 radical (unpaired) electrons. The van der Waals surface area contributed by atoms with Crippen molar-refractivity contribution in [3.8, 4) is 11.3 Å². The van der Waals surface area contributed by atoms with Gasteiger partial charge in [-0.3, -0.25) is 4.79 Å². The van der Waals surface area contributed by atoms with Gasteiger partial charge in [0.15, 0.2) is 5.43 Å². The van der Waals surface area contributed by atoms with Crippen LogP contribution in [0, 0.1) is 6.92 Å². The van der Waals surface area contributed by atoms with Crippen LogP contribution in [0.2, 0.25) is 0 Å². The Kier molecular flexibility index (Phi) is 3.40. The molecule has 0 aliphatic rings. The van der Waals surface area contributed by atoms with Crippen LogP contribution in [-0.4, -0.2) is 0 Å². The van der Waals surface area contributed by atoms with Gasteiger partial charge in [0.2, 0.25) is 0 Å². The first-order valence-electron chi connectivity index (χ1n) is 7.50. The summed E-state index contributed by atoms with van der Waals surface area (Å²) in [6.07, 6.45) is 0. The lowest BCUT2D eigenvalue weighted by molar-refractivity contribution is 0.589. The molecular formula is C20H20O2. The van der Waals surface area contributed by atoms with Crippen LogP contribution in [0.1, 0.15) is 31.9 Å². The van der Waals surface area contributed by atoms with Crippen LogP contribution in [0.5, 0.6) is 0 Å². The van der Waals surface area contributed by atoms with Crippen molar-refractivity contribution in [2.45, 2.75) is 33.1 Å². The Hall–Kier alpha value is -2.35. The summed E-state index contributed by atoms with van der Waals surface area (Å²) in [6.45, 7) is 8.51. The molecule has 0 saturated heterocycles. The Labute approximate surface area is 130 Å². The molecule has 2 nitrogen and oxygen atoms in total. The molecule has 3 rings (SSSR count). The Morgan fingerprint density at radius 2 is 1.59 bits per heavy atom. The van der Waals surface area contributed by atoms with Crippen LogP contribution < -0.4 is 5.43 Å². The zero-order valence-corrected chi connectivity index (χ0v) is 13.4. The smallest absolute Gasteiger partial charge is 0.193 e. The summed E-state index contributed by atoms with van der Waals surface area (Å²) in [7, 11) is 0. The molecule has 0 aliphatic heterocycles. The lowest BCUT2D eigenvalue weighted by Crippen LogP contribution is -2.10. The summed E-state index contributed by atoms with van der Waals surface area (Å²) in [5, 5.41) is 0.634. The van der Waals surface area contributed by atoms with E-state index in [0.29, 0.717) is 16.7 Å². The highest BCUT2D eigenvalue weighted by Crippen LogP contribution is 2.27. The molecule has 0 atom stereocenters. The van der Waals surface area contributed by atoms with E-state index in [1.807, 2.05) is 37.3 Å². The van der Waals surface area contributed by atoms with Gasteiger partial charge in [-0.25, -0.2) is 0 Å². The van der Waals surface area contributed by atoms with Gasteiger partial charge in [0.1, 0.15) is 11.3 Å². The first kappa shape index (κ1) is 14.6. The minimum Gasteiger partial charge on any atom is -0.456 e. The predicted molar refractivity (Wildman–Crippen MR) is 91.4 cm³/mol. The lowest BCUT2D eigenvalue weighted by Gasteiger charge is -2.19. The molecule has 0 bridgehead atoms. The van der Waals surface area contributed by atoms with Gasteiger partial charge in [0.25, 0.3) is 0 Å². The fourth-order valence-corrected chi connectivity index (χ4v) is 2.55. The molecule has 22 heavy (non-hydrogen) atoms. The van der Waals surface area contributed by atoms with E-state index in [1.165, 1.54) is 5.56 Å². The van der Waals surface area contributed by atoms with E-state index in [4.69, 9.17) is 4.42 Å². The minimum atomic E-state index is -0.000141. The molecule has 1 heterocycles. The summed E-state index contributed by atoms with van der Waals surface area (Å²) >= 11 is 0. The van der Waals surface area contributed by atoms with Gasteiger partial charge >= 0.3 is 0 Å². The number of benzene rings is 2. The third-order valence-electron chi connectivity index (χ3n) is 3.92. The SMILES string of the molecule is Cc1ccc2oc(-c3ccc(C(C)(C)C)cc3)cc(=O)c2c1. The van der Waals surface area contributed by atoms with Crippen LogP contribution in [0.3, 0.4) is 0 Å².